The molecule has 0 spiro atoms. The van der Waals surface area contributed by atoms with Crippen molar-refractivity contribution in [2.45, 2.75) is 20.4 Å². The molecule has 0 fully saturated rings. The smallest absolute Gasteiger partial charge is 0.269 e. The summed E-state index contributed by atoms with van der Waals surface area (Å²) in [5.74, 6) is 0.376. The summed E-state index contributed by atoms with van der Waals surface area (Å²) in [7, 11) is 1.54. The van der Waals surface area contributed by atoms with Gasteiger partial charge in [0.25, 0.3) is 11.8 Å². The molecule has 4 aromatic rings. The van der Waals surface area contributed by atoms with Crippen molar-refractivity contribution in [1.29, 1.82) is 0 Å². The van der Waals surface area contributed by atoms with E-state index in [1.54, 1.807) is 35.1 Å². The number of amides is 2. The second-order valence-electron chi connectivity index (χ2n) is 7.24. The lowest BCUT2D eigenvalue weighted by molar-refractivity contribution is 0.0957. The number of ether oxygens (including phenoxy) is 1. The number of carbonyl (C=O) groups excluding carboxylic acids is 2. The number of hydrogen-bond donors (Lipinski definition) is 3. The van der Waals surface area contributed by atoms with Gasteiger partial charge >= 0.3 is 0 Å². The molecule has 10 nitrogen and oxygen atoms in total. The molecule has 2 amide bonds. The van der Waals surface area contributed by atoms with E-state index in [2.05, 4.69) is 30.9 Å². The first-order valence-electron chi connectivity index (χ1n) is 10.3. The van der Waals surface area contributed by atoms with Gasteiger partial charge in [-0.2, -0.15) is 10.2 Å². The van der Waals surface area contributed by atoms with Crippen LogP contribution in [-0.2, 0) is 6.54 Å². The minimum Gasteiger partial charge on any atom is -0.457 e. The number of anilines is 1. The quantitative estimate of drug-likeness (QED) is 0.400. The molecule has 33 heavy (non-hydrogen) atoms. The van der Waals surface area contributed by atoms with E-state index in [9.17, 15) is 9.59 Å². The lowest BCUT2D eigenvalue weighted by atomic mass is 10.1. The van der Waals surface area contributed by atoms with Gasteiger partial charge in [0.2, 0.25) is 0 Å². The molecule has 1 aromatic carbocycles. The van der Waals surface area contributed by atoms with Crippen LogP contribution < -0.4 is 15.4 Å². The van der Waals surface area contributed by atoms with Crippen molar-refractivity contribution in [2.75, 3.05) is 12.4 Å². The van der Waals surface area contributed by atoms with Crippen LogP contribution in [0.15, 0.2) is 55.1 Å². The van der Waals surface area contributed by atoms with Gasteiger partial charge in [-0.1, -0.05) is 6.07 Å². The Morgan fingerprint density at radius 1 is 1.15 bits per heavy atom. The Labute approximate surface area is 190 Å². The standard InChI is InChI=1S/C23H23N7O3/c1-4-30-13-15(11-27-30)21-18(12-26-29-21)22(31)28-16-6-5-14(2)20(9-16)33-17-7-8-25-19(10-17)23(32)24-3/h5-13H,4H2,1-3H3,(H,24,32)(H,26,29)(H,28,31). The van der Waals surface area contributed by atoms with Crippen LogP contribution in [0.2, 0.25) is 0 Å². The molecule has 0 bridgehead atoms. The highest BCUT2D eigenvalue weighted by Gasteiger charge is 2.17. The van der Waals surface area contributed by atoms with E-state index in [1.165, 1.54) is 19.4 Å². The Kier molecular flexibility index (Phi) is 6.16. The first kappa shape index (κ1) is 21.8. The monoisotopic (exact) mass is 445 g/mol. The van der Waals surface area contributed by atoms with Gasteiger partial charge < -0.3 is 15.4 Å². The third-order valence-corrected chi connectivity index (χ3v) is 4.99. The summed E-state index contributed by atoms with van der Waals surface area (Å²) in [5.41, 5.74) is 3.43. The summed E-state index contributed by atoms with van der Waals surface area (Å²) < 4.78 is 7.74. The maximum absolute atomic E-state index is 13.0. The highest BCUT2D eigenvalue weighted by molar-refractivity contribution is 6.08. The highest BCUT2D eigenvalue weighted by atomic mass is 16.5. The molecule has 0 radical (unpaired) electrons. The SMILES string of the molecule is CCn1cc(-c2[nH]ncc2C(=O)Nc2ccc(C)c(Oc3ccnc(C(=O)NC)c3)c2)cn1. The third-order valence-electron chi connectivity index (χ3n) is 4.99. The van der Waals surface area contributed by atoms with E-state index in [0.29, 0.717) is 28.4 Å². The molecule has 4 rings (SSSR count). The summed E-state index contributed by atoms with van der Waals surface area (Å²) in [6.07, 6.45) is 6.52. The fraction of sp³-hybridized carbons (Fsp3) is 0.174. The van der Waals surface area contributed by atoms with Crippen LogP contribution in [0, 0.1) is 6.92 Å². The number of aromatic nitrogens is 5. The van der Waals surface area contributed by atoms with Crippen molar-refractivity contribution in [3.63, 3.8) is 0 Å². The first-order valence-corrected chi connectivity index (χ1v) is 10.3. The van der Waals surface area contributed by atoms with Crippen molar-refractivity contribution < 1.29 is 14.3 Å². The van der Waals surface area contributed by atoms with Crippen molar-refractivity contribution >= 4 is 17.5 Å². The van der Waals surface area contributed by atoms with Crippen LogP contribution in [0.1, 0.15) is 33.3 Å². The van der Waals surface area contributed by atoms with Crippen molar-refractivity contribution in [1.82, 2.24) is 30.3 Å². The zero-order valence-electron chi connectivity index (χ0n) is 18.4. The third kappa shape index (κ3) is 4.74. The van der Waals surface area contributed by atoms with Gasteiger partial charge in [0.15, 0.2) is 0 Å². The fourth-order valence-electron chi connectivity index (χ4n) is 3.18. The van der Waals surface area contributed by atoms with Gasteiger partial charge in [0.1, 0.15) is 17.2 Å². The number of pyridine rings is 1. The molecular weight excluding hydrogens is 422 g/mol. The normalized spacial score (nSPS) is 10.6. The van der Waals surface area contributed by atoms with E-state index < -0.39 is 0 Å². The molecule has 168 valence electrons. The molecule has 3 heterocycles. The lowest BCUT2D eigenvalue weighted by Gasteiger charge is -2.12. The Morgan fingerprint density at radius 3 is 2.76 bits per heavy atom. The van der Waals surface area contributed by atoms with Gasteiger partial charge in [-0.05, 0) is 31.5 Å². The number of benzene rings is 1. The molecule has 0 atom stereocenters. The van der Waals surface area contributed by atoms with Crippen molar-refractivity contribution in [3.8, 4) is 22.8 Å². The zero-order valence-corrected chi connectivity index (χ0v) is 18.4. The zero-order chi connectivity index (χ0) is 23.4. The molecule has 0 aliphatic carbocycles. The lowest BCUT2D eigenvalue weighted by Crippen LogP contribution is -2.18. The second kappa shape index (κ2) is 9.35. The minimum absolute atomic E-state index is 0.246. The highest BCUT2D eigenvalue weighted by Crippen LogP contribution is 2.29. The number of nitrogens with one attached hydrogen (secondary N) is 3. The van der Waals surface area contributed by atoms with Gasteiger partial charge in [-0.3, -0.25) is 24.4 Å². The molecule has 10 heteroatoms. The second-order valence-corrected chi connectivity index (χ2v) is 7.24. The summed E-state index contributed by atoms with van der Waals surface area (Å²) in [6, 6.07) is 8.57. The average molecular weight is 445 g/mol. The molecular formula is C23H23N7O3. The number of aryl methyl sites for hydroxylation is 2. The molecule has 0 aliphatic rings. The van der Waals surface area contributed by atoms with Gasteiger partial charge in [0.05, 0.1) is 23.7 Å². The van der Waals surface area contributed by atoms with E-state index >= 15 is 0 Å². The molecule has 0 saturated carbocycles. The van der Waals surface area contributed by atoms with E-state index in [1.807, 2.05) is 26.1 Å². The maximum atomic E-state index is 13.0. The summed E-state index contributed by atoms with van der Waals surface area (Å²) in [4.78, 5) is 28.8. The van der Waals surface area contributed by atoms with Crippen LogP contribution in [0.4, 0.5) is 5.69 Å². The maximum Gasteiger partial charge on any atom is 0.269 e. The van der Waals surface area contributed by atoms with Gasteiger partial charge in [0, 0.05) is 49.4 Å². The number of nitrogens with zero attached hydrogens (tertiary/aromatic N) is 4. The Hall–Kier alpha value is -4.47. The molecule has 0 saturated heterocycles. The van der Waals surface area contributed by atoms with Crippen LogP contribution in [0.3, 0.4) is 0 Å². The fourth-order valence-corrected chi connectivity index (χ4v) is 3.18. The predicted octanol–water partition coefficient (Wildman–Crippen LogP) is 3.40. The van der Waals surface area contributed by atoms with E-state index in [-0.39, 0.29) is 17.5 Å². The van der Waals surface area contributed by atoms with Crippen LogP contribution in [0.5, 0.6) is 11.5 Å². The topological polar surface area (TPSA) is 127 Å². The first-order chi connectivity index (χ1) is 16.0. The van der Waals surface area contributed by atoms with Crippen molar-refractivity contribution in [2.24, 2.45) is 0 Å². The predicted molar refractivity (Wildman–Crippen MR) is 122 cm³/mol. The summed E-state index contributed by atoms with van der Waals surface area (Å²) in [6.45, 7) is 4.60. The Morgan fingerprint density at radius 2 is 2.00 bits per heavy atom. The number of hydrogen-bond acceptors (Lipinski definition) is 6. The Balaban J connectivity index is 1.54. The number of H-pyrrole nitrogens is 1. The molecule has 3 aromatic heterocycles. The molecule has 0 aliphatic heterocycles. The van der Waals surface area contributed by atoms with Crippen LogP contribution in [0.25, 0.3) is 11.3 Å². The van der Waals surface area contributed by atoms with Crippen molar-refractivity contribution in [3.05, 3.63) is 71.9 Å². The number of aromatic amines is 1. The molecule has 3 N–H and O–H groups in total. The summed E-state index contributed by atoms with van der Waals surface area (Å²) >= 11 is 0. The van der Waals surface area contributed by atoms with Crippen LogP contribution >= 0.6 is 0 Å². The number of carbonyl (C=O) groups is 2. The largest absolute Gasteiger partial charge is 0.457 e. The summed E-state index contributed by atoms with van der Waals surface area (Å²) in [5, 5.41) is 16.6. The minimum atomic E-state index is -0.316. The molecule has 0 unspecified atom stereocenters. The van der Waals surface area contributed by atoms with Crippen LogP contribution in [-0.4, -0.2) is 43.8 Å². The Bertz CT molecular complexity index is 1310. The van der Waals surface area contributed by atoms with Gasteiger partial charge in [-0.15, -0.1) is 0 Å². The average Bonchev–Trinajstić information content (AvgIpc) is 3.50. The van der Waals surface area contributed by atoms with Gasteiger partial charge in [-0.25, -0.2) is 0 Å². The van der Waals surface area contributed by atoms with E-state index in [4.69, 9.17) is 4.74 Å². The van der Waals surface area contributed by atoms with E-state index in [0.717, 1.165) is 17.7 Å². The number of rotatable bonds is 7.